The second kappa shape index (κ2) is 6.53. The molecule has 2 unspecified atom stereocenters. The van der Waals surface area contributed by atoms with Crippen molar-refractivity contribution < 1.29 is 44.1 Å². The molecule has 0 aliphatic rings. The lowest BCUT2D eigenvalue weighted by molar-refractivity contribution is -0.146. The lowest BCUT2D eigenvalue weighted by Gasteiger charge is -2.23. The van der Waals surface area contributed by atoms with E-state index in [9.17, 15) is 19.6 Å². The molecule has 17 heavy (non-hydrogen) atoms. The summed E-state index contributed by atoms with van der Waals surface area (Å²) in [4.78, 5) is 27.7. The molecule has 0 rings (SSSR count). The maximum absolute atomic E-state index is 11.1. The van der Waals surface area contributed by atoms with Crippen molar-refractivity contribution in [2.75, 3.05) is 6.61 Å². The number of rotatable bonds is 7. The minimum Gasteiger partial charge on any atom is -0.391 e. The Kier molecular flexibility index (Phi) is 6.38. The predicted molar refractivity (Wildman–Crippen MR) is 52.7 cm³/mol. The van der Waals surface area contributed by atoms with E-state index in [0.29, 0.717) is 0 Å². The Morgan fingerprint density at radius 1 is 1.18 bits per heavy atom. The first-order chi connectivity index (χ1) is 7.56. The van der Waals surface area contributed by atoms with Gasteiger partial charge in [-0.25, -0.2) is 4.57 Å². The third-order valence-corrected chi connectivity index (χ3v) is 2.34. The second-order valence-electron chi connectivity index (χ2n) is 3.40. The minimum absolute atomic E-state index is 1.12. The molecule has 6 N–H and O–H groups in total. The summed E-state index contributed by atoms with van der Waals surface area (Å²) < 4.78 is 14.1. The summed E-state index contributed by atoms with van der Waals surface area (Å²) >= 11 is 0. The number of phosphoric acid groups is 1. The molecule has 0 saturated heterocycles. The van der Waals surface area contributed by atoms with Gasteiger partial charge in [0.25, 0.3) is 0 Å². The minimum atomic E-state index is -4.86. The van der Waals surface area contributed by atoms with E-state index in [0.717, 1.165) is 6.92 Å². The molecule has 102 valence electrons. The van der Waals surface area contributed by atoms with E-state index in [1.165, 1.54) is 0 Å². The van der Waals surface area contributed by atoms with Crippen LogP contribution >= 0.6 is 7.82 Å². The summed E-state index contributed by atoms with van der Waals surface area (Å²) in [6, 6.07) is 0. The van der Waals surface area contributed by atoms with Crippen LogP contribution in [0.15, 0.2) is 0 Å². The molecular formula is C7H15O9P. The van der Waals surface area contributed by atoms with E-state index in [-0.39, 0.29) is 0 Å². The topological polar surface area (TPSA) is 165 Å². The van der Waals surface area contributed by atoms with Crippen molar-refractivity contribution in [1.82, 2.24) is 0 Å². The van der Waals surface area contributed by atoms with Crippen LogP contribution in [-0.4, -0.2) is 67.0 Å². The molecule has 0 bridgehead atoms. The van der Waals surface area contributed by atoms with Gasteiger partial charge in [0.05, 0.1) is 6.10 Å². The van der Waals surface area contributed by atoms with E-state index in [1.54, 1.807) is 0 Å². The van der Waals surface area contributed by atoms with Crippen LogP contribution in [0, 0.1) is 0 Å². The molecule has 10 heteroatoms. The molecule has 4 atom stereocenters. The fourth-order valence-corrected chi connectivity index (χ4v) is 1.19. The Morgan fingerprint density at radius 2 is 1.65 bits per heavy atom. The van der Waals surface area contributed by atoms with Gasteiger partial charge in [0, 0.05) is 0 Å². The van der Waals surface area contributed by atoms with E-state index < -0.39 is 44.6 Å². The largest absolute Gasteiger partial charge is 0.470 e. The van der Waals surface area contributed by atoms with Gasteiger partial charge in [0.2, 0.25) is 0 Å². The molecule has 0 aromatic heterocycles. The Labute approximate surface area is 96.5 Å². The first kappa shape index (κ1) is 16.6. The molecule has 0 fully saturated rings. The average Bonchev–Trinajstić information content (AvgIpc) is 2.21. The van der Waals surface area contributed by atoms with Crippen LogP contribution in [0.1, 0.15) is 6.92 Å². The monoisotopic (exact) mass is 274 g/mol. The van der Waals surface area contributed by atoms with Gasteiger partial charge in [-0.2, -0.15) is 0 Å². The van der Waals surface area contributed by atoms with Gasteiger partial charge in [-0.3, -0.25) is 9.32 Å². The zero-order chi connectivity index (χ0) is 13.8. The molecule has 0 aliphatic heterocycles. The Morgan fingerprint density at radius 3 is 2.00 bits per heavy atom. The number of hydrogen-bond donors (Lipinski definition) is 6. The van der Waals surface area contributed by atoms with Gasteiger partial charge >= 0.3 is 7.82 Å². The first-order valence-corrected chi connectivity index (χ1v) is 6.04. The number of aliphatic hydroxyl groups is 4. The molecule has 9 nitrogen and oxygen atoms in total. The maximum atomic E-state index is 11.1. The van der Waals surface area contributed by atoms with Gasteiger partial charge in [0.1, 0.15) is 24.9 Å². The van der Waals surface area contributed by atoms with Crippen LogP contribution in [0.2, 0.25) is 0 Å². The molecule has 0 radical (unpaired) electrons. The summed E-state index contributed by atoms with van der Waals surface area (Å²) in [5.74, 6) is -1.24. The van der Waals surface area contributed by atoms with Crippen LogP contribution in [0.4, 0.5) is 0 Å². The number of phosphoric ester groups is 1. The van der Waals surface area contributed by atoms with Crippen molar-refractivity contribution in [3.63, 3.8) is 0 Å². The van der Waals surface area contributed by atoms with Crippen molar-refractivity contribution >= 4 is 13.6 Å². The third-order valence-electron chi connectivity index (χ3n) is 1.87. The second-order valence-corrected chi connectivity index (χ2v) is 4.64. The fraction of sp³-hybridized carbons (Fsp3) is 0.857. The highest BCUT2D eigenvalue weighted by atomic mass is 31.2. The molecule has 0 saturated carbocycles. The lowest BCUT2D eigenvalue weighted by Crippen LogP contribution is -2.47. The number of carbonyl (C=O) groups is 1. The van der Waals surface area contributed by atoms with Crippen LogP contribution < -0.4 is 0 Å². The van der Waals surface area contributed by atoms with Crippen LogP contribution in [0.25, 0.3) is 0 Å². The summed E-state index contributed by atoms with van der Waals surface area (Å²) in [5.41, 5.74) is 0. The molecular weight excluding hydrogens is 259 g/mol. The molecule has 0 heterocycles. The first-order valence-electron chi connectivity index (χ1n) is 4.51. The number of aliphatic hydroxyl groups excluding tert-OH is 4. The molecule has 0 spiro atoms. The molecule has 0 aromatic carbocycles. The Bertz CT molecular complexity index is 298. The molecule has 0 aliphatic carbocycles. The van der Waals surface area contributed by atoms with Crippen LogP contribution in [0.5, 0.6) is 0 Å². The van der Waals surface area contributed by atoms with E-state index in [4.69, 9.17) is 20.0 Å². The normalized spacial score (nSPS) is 19.5. The molecule has 0 aromatic rings. The van der Waals surface area contributed by atoms with Crippen LogP contribution in [-0.2, 0) is 13.9 Å². The zero-order valence-electron chi connectivity index (χ0n) is 8.87. The highest BCUT2D eigenvalue weighted by Crippen LogP contribution is 2.35. The third kappa shape index (κ3) is 6.20. The van der Waals surface area contributed by atoms with Crippen molar-refractivity contribution in [3.8, 4) is 0 Å². The quantitative estimate of drug-likeness (QED) is 0.267. The highest BCUT2D eigenvalue weighted by Gasteiger charge is 2.33. The van der Waals surface area contributed by atoms with Gasteiger partial charge in [-0.05, 0) is 6.92 Å². The standard InChI is InChI=1S/C7H15O9P/c1-3(8)5(10)7(12)6(11)4(9)2-16-17(13,14)15/h3,5-8,10-12H,2H2,1H3,(H2,13,14,15)/t3-,5+,6?,7?/m0/s1. The Hall–Kier alpha value is -0.380. The van der Waals surface area contributed by atoms with Gasteiger partial charge in [0.15, 0.2) is 5.78 Å². The summed E-state index contributed by atoms with van der Waals surface area (Å²) in [5, 5.41) is 36.5. The summed E-state index contributed by atoms with van der Waals surface area (Å²) in [6.45, 7) is -0.00768. The zero-order valence-corrected chi connectivity index (χ0v) is 9.77. The van der Waals surface area contributed by atoms with Gasteiger partial charge in [-0.1, -0.05) is 0 Å². The van der Waals surface area contributed by atoms with Gasteiger partial charge < -0.3 is 30.2 Å². The predicted octanol–water partition coefficient (Wildman–Crippen LogP) is -2.87. The van der Waals surface area contributed by atoms with Crippen LogP contribution in [0.3, 0.4) is 0 Å². The smallest absolute Gasteiger partial charge is 0.391 e. The van der Waals surface area contributed by atoms with Gasteiger partial charge in [-0.15, -0.1) is 0 Å². The van der Waals surface area contributed by atoms with E-state index >= 15 is 0 Å². The summed E-state index contributed by atoms with van der Waals surface area (Å²) in [6.07, 6.45) is -7.27. The van der Waals surface area contributed by atoms with Crippen molar-refractivity contribution in [2.24, 2.45) is 0 Å². The average molecular weight is 274 g/mol. The highest BCUT2D eigenvalue weighted by molar-refractivity contribution is 7.46. The number of ketones is 1. The summed E-state index contributed by atoms with van der Waals surface area (Å²) in [7, 11) is -4.86. The molecule has 0 amide bonds. The Balaban J connectivity index is 4.35. The SMILES string of the molecule is C[C@H](O)[C@@H](O)C(O)C(O)C(=O)COP(=O)(O)O. The van der Waals surface area contributed by atoms with Crippen molar-refractivity contribution in [3.05, 3.63) is 0 Å². The van der Waals surface area contributed by atoms with Crippen molar-refractivity contribution in [2.45, 2.75) is 31.3 Å². The fourth-order valence-electron chi connectivity index (χ4n) is 0.896. The lowest BCUT2D eigenvalue weighted by atomic mass is 10.0. The van der Waals surface area contributed by atoms with E-state index in [2.05, 4.69) is 4.52 Å². The number of carbonyl (C=O) groups excluding carboxylic acids is 1. The maximum Gasteiger partial charge on any atom is 0.470 e. The van der Waals surface area contributed by atoms with Crippen molar-refractivity contribution in [1.29, 1.82) is 0 Å². The number of hydrogen-bond acceptors (Lipinski definition) is 7. The number of Topliss-reactive ketones (excluding diaryl/α,β-unsaturated/α-hetero) is 1. The van der Waals surface area contributed by atoms with E-state index in [1.807, 2.05) is 0 Å².